The average Bonchev–Trinajstić information content (AvgIpc) is 3.36. The van der Waals surface area contributed by atoms with Crippen LogP contribution in [0.1, 0.15) is 28.4 Å². The van der Waals surface area contributed by atoms with Gasteiger partial charge in [-0.1, -0.05) is 23.4 Å². The van der Waals surface area contributed by atoms with Crippen LogP contribution in [-0.2, 0) is 9.63 Å². The number of aliphatic hydroxyl groups is 1. The van der Waals surface area contributed by atoms with E-state index in [2.05, 4.69) is 15.5 Å². The van der Waals surface area contributed by atoms with Crippen LogP contribution in [0.5, 0.6) is 0 Å². The molecule has 11 heteroatoms. The first kappa shape index (κ1) is 25.5. The van der Waals surface area contributed by atoms with Gasteiger partial charge in [-0.15, -0.1) is 0 Å². The Morgan fingerprint density at radius 3 is 2.54 bits per heavy atom. The molecule has 2 aromatic carbocycles. The number of pyridine rings is 1. The molecule has 1 aliphatic heterocycles. The number of nitrogens with zero attached hydrogens (tertiary/aromatic N) is 4. The quantitative estimate of drug-likeness (QED) is 0.355. The van der Waals surface area contributed by atoms with Crippen LogP contribution < -0.4 is 5.32 Å². The third-order valence-corrected chi connectivity index (χ3v) is 6.03. The SMILES string of the molecule is CO/N=C1/CC(C(=O)NC[C@@H](O)c2ccc([N+](=O)[O-])cc2)N(C(=O)c2ccc(-c3cccnc3)cc2)C1. The third kappa shape index (κ3) is 5.96. The molecule has 1 aliphatic rings. The highest BCUT2D eigenvalue weighted by Crippen LogP contribution is 2.23. The summed E-state index contributed by atoms with van der Waals surface area (Å²) >= 11 is 0. The Bertz CT molecular complexity index is 1300. The van der Waals surface area contributed by atoms with Crippen LogP contribution in [0.3, 0.4) is 0 Å². The Morgan fingerprint density at radius 1 is 1.19 bits per heavy atom. The molecule has 2 heterocycles. The standard InChI is InChI=1S/C26H25N5O6/c1-37-29-21-13-23(25(33)28-15-24(32)18-8-10-22(11-9-18)31(35)36)30(16-21)26(34)19-6-4-17(5-7-19)20-3-2-12-27-14-20/h2-12,14,23-24,32H,13,15-16H2,1H3,(H,28,33)/b29-21-/t23?,24-/m1/s1. The molecule has 1 fully saturated rings. The summed E-state index contributed by atoms with van der Waals surface area (Å²) < 4.78 is 0. The Hall–Kier alpha value is -4.64. The zero-order valence-corrected chi connectivity index (χ0v) is 20.0. The number of hydrogen-bond donors (Lipinski definition) is 2. The lowest BCUT2D eigenvalue weighted by molar-refractivity contribution is -0.384. The zero-order chi connectivity index (χ0) is 26.4. The number of oxime groups is 1. The molecular formula is C26H25N5O6. The number of amides is 2. The van der Waals surface area contributed by atoms with Crippen molar-refractivity contribution < 1.29 is 24.5 Å². The number of benzene rings is 2. The molecule has 1 unspecified atom stereocenters. The predicted molar refractivity (Wildman–Crippen MR) is 135 cm³/mol. The molecule has 11 nitrogen and oxygen atoms in total. The Balaban J connectivity index is 1.45. The summed E-state index contributed by atoms with van der Waals surface area (Å²) in [5.74, 6) is -0.794. The lowest BCUT2D eigenvalue weighted by Gasteiger charge is -2.24. The molecule has 1 saturated heterocycles. The molecule has 4 rings (SSSR count). The summed E-state index contributed by atoms with van der Waals surface area (Å²) in [6, 6.07) is 15.4. The van der Waals surface area contributed by atoms with E-state index < -0.39 is 23.0 Å². The Morgan fingerprint density at radius 2 is 1.92 bits per heavy atom. The van der Waals surface area contributed by atoms with Crippen LogP contribution in [0.15, 0.2) is 78.2 Å². The van der Waals surface area contributed by atoms with E-state index in [4.69, 9.17) is 4.84 Å². The highest BCUT2D eigenvalue weighted by Gasteiger charge is 2.38. The van der Waals surface area contributed by atoms with Crippen molar-refractivity contribution in [2.75, 3.05) is 20.2 Å². The van der Waals surface area contributed by atoms with E-state index in [9.17, 15) is 24.8 Å². The largest absolute Gasteiger partial charge is 0.399 e. The maximum absolute atomic E-state index is 13.3. The molecule has 37 heavy (non-hydrogen) atoms. The van der Waals surface area contributed by atoms with Crippen molar-refractivity contribution in [3.8, 4) is 11.1 Å². The van der Waals surface area contributed by atoms with Crippen molar-refractivity contribution in [2.24, 2.45) is 5.16 Å². The maximum atomic E-state index is 13.3. The number of likely N-dealkylation sites (tertiary alicyclic amines) is 1. The molecule has 2 atom stereocenters. The normalized spacial score (nSPS) is 16.9. The lowest BCUT2D eigenvalue weighted by atomic mass is 10.0. The topological polar surface area (TPSA) is 147 Å². The highest BCUT2D eigenvalue weighted by atomic mass is 16.6. The minimum absolute atomic E-state index is 0.0986. The van der Waals surface area contributed by atoms with Gasteiger partial charge in [0.05, 0.1) is 23.3 Å². The molecule has 190 valence electrons. The second kappa shape index (κ2) is 11.4. The molecule has 0 radical (unpaired) electrons. The predicted octanol–water partition coefficient (Wildman–Crippen LogP) is 2.72. The van der Waals surface area contributed by atoms with Crippen molar-refractivity contribution in [3.63, 3.8) is 0 Å². The van der Waals surface area contributed by atoms with E-state index in [0.717, 1.165) is 11.1 Å². The molecule has 3 aromatic rings. The fourth-order valence-corrected chi connectivity index (χ4v) is 4.10. The molecule has 2 N–H and O–H groups in total. The minimum atomic E-state index is -1.08. The number of aliphatic hydroxyl groups excluding tert-OH is 1. The molecule has 0 spiro atoms. The molecule has 1 aromatic heterocycles. The Kier molecular flexibility index (Phi) is 7.84. The molecule has 0 aliphatic carbocycles. The summed E-state index contributed by atoms with van der Waals surface area (Å²) in [5.41, 5.74) is 3.09. The molecule has 0 bridgehead atoms. The van der Waals surface area contributed by atoms with Crippen LogP contribution in [0, 0.1) is 10.1 Å². The van der Waals surface area contributed by atoms with Crippen LogP contribution in [0.2, 0.25) is 0 Å². The molecular weight excluding hydrogens is 478 g/mol. The average molecular weight is 504 g/mol. The Labute approximate surface area is 212 Å². The molecule has 2 amide bonds. The fraction of sp³-hybridized carbons (Fsp3) is 0.231. The summed E-state index contributed by atoms with van der Waals surface area (Å²) in [6.45, 7) is -0.00817. The van der Waals surface area contributed by atoms with E-state index in [1.165, 1.54) is 36.3 Å². The maximum Gasteiger partial charge on any atom is 0.269 e. The van der Waals surface area contributed by atoms with Gasteiger partial charge in [-0.3, -0.25) is 24.7 Å². The van der Waals surface area contributed by atoms with E-state index in [-0.39, 0.29) is 31.1 Å². The first-order valence-corrected chi connectivity index (χ1v) is 11.5. The van der Waals surface area contributed by atoms with Crippen molar-refractivity contribution in [1.29, 1.82) is 0 Å². The number of hydrogen-bond acceptors (Lipinski definition) is 8. The van der Waals surface area contributed by atoms with E-state index >= 15 is 0 Å². The first-order chi connectivity index (χ1) is 17.9. The van der Waals surface area contributed by atoms with Crippen molar-refractivity contribution in [1.82, 2.24) is 15.2 Å². The smallest absolute Gasteiger partial charge is 0.269 e. The summed E-state index contributed by atoms with van der Waals surface area (Å²) in [4.78, 5) is 47.1. The van der Waals surface area contributed by atoms with Gasteiger partial charge < -0.3 is 20.2 Å². The number of carbonyl (C=O) groups is 2. The zero-order valence-electron chi connectivity index (χ0n) is 20.0. The van der Waals surface area contributed by atoms with Gasteiger partial charge >= 0.3 is 0 Å². The minimum Gasteiger partial charge on any atom is -0.399 e. The van der Waals surface area contributed by atoms with Crippen LogP contribution in [0.25, 0.3) is 11.1 Å². The van der Waals surface area contributed by atoms with Crippen molar-refractivity contribution in [2.45, 2.75) is 18.6 Å². The van der Waals surface area contributed by atoms with E-state index in [0.29, 0.717) is 16.8 Å². The second-order valence-electron chi connectivity index (χ2n) is 8.42. The van der Waals surface area contributed by atoms with Crippen LogP contribution in [-0.4, -0.2) is 63.7 Å². The number of carbonyl (C=O) groups excluding carboxylic acids is 2. The van der Waals surface area contributed by atoms with Gasteiger partial charge in [0.15, 0.2) is 0 Å². The van der Waals surface area contributed by atoms with E-state index in [1.807, 2.05) is 24.3 Å². The van der Waals surface area contributed by atoms with Gasteiger partial charge in [0.1, 0.15) is 13.2 Å². The van der Waals surface area contributed by atoms with Gasteiger partial charge in [-0.2, -0.15) is 0 Å². The molecule has 0 saturated carbocycles. The van der Waals surface area contributed by atoms with Crippen LogP contribution >= 0.6 is 0 Å². The number of nitro groups is 1. The lowest BCUT2D eigenvalue weighted by Crippen LogP contribution is -2.46. The summed E-state index contributed by atoms with van der Waals surface area (Å²) in [5, 5.41) is 27.9. The third-order valence-electron chi connectivity index (χ3n) is 6.03. The number of rotatable bonds is 8. The van der Waals surface area contributed by atoms with Gasteiger partial charge in [0.25, 0.3) is 11.6 Å². The first-order valence-electron chi connectivity index (χ1n) is 11.5. The number of nitrogens with one attached hydrogen (secondary N) is 1. The van der Waals surface area contributed by atoms with Gasteiger partial charge in [-0.25, -0.2) is 0 Å². The number of nitro benzene ring substituents is 1. The number of non-ortho nitro benzene ring substituents is 1. The van der Waals surface area contributed by atoms with Crippen molar-refractivity contribution >= 4 is 23.2 Å². The monoisotopic (exact) mass is 503 g/mol. The van der Waals surface area contributed by atoms with Gasteiger partial charge in [0.2, 0.25) is 5.91 Å². The van der Waals surface area contributed by atoms with Crippen LogP contribution in [0.4, 0.5) is 5.69 Å². The highest BCUT2D eigenvalue weighted by molar-refractivity contribution is 6.05. The van der Waals surface area contributed by atoms with Gasteiger partial charge in [-0.05, 0) is 47.0 Å². The van der Waals surface area contributed by atoms with Crippen molar-refractivity contribution in [3.05, 3.63) is 94.3 Å². The van der Waals surface area contributed by atoms with E-state index in [1.54, 1.807) is 24.5 Å². The number of aromatic nitrogens is 1. The summed E-state index contributed by atoms with van der Waals surface area (Å²) in [7, 11) is 1.39. The summed E-state index contributed by atoms with van der Waals surface area (Å²) in [6.07, 6.45) is 2.52. The van der Waals surface area contributed by atoms with Gasteiger partial charge in [0, 0.05) is 43.1 Å². The second-order valence-corrected chi connectivity index (χ2v) is 8.42. The fourth-order valence-electron chi connectivity index (χ4n) is 4.10.